The van der Waals surface area contributed by atoms with E-state index < -0.39 is 0 Å². The highest BCUT2D eigenvalue weighted by molar-refractivity contribution is 6.04. The molecular formula is C25H26N6O2. The molecule has 2 atom stereocenters. The van der Waals surface area contributed by atoms with Gasteiger partial charge in [-0.05, 0) is 62.8 Å². The molecule has 1 saturated carbocycles. The summed E-state index contributed by atoms with van der Waals surface area (Å²) in [6, 6.07) is 12.0. The molecule has 1 fully saturated rings. The Hall–Kier alpha value is -3.68. The zero-order valence-corrected chi connectivity index (χ0v) is 18.8. The molecule has 1 aliphatic heterocycles. The minimum atomic E-state index is -0.200. The second-order valence-electron chi connectivity index (χ2n) is 9.09. The molecule has 168 valence electrons. The first-order valence-corrected chi connectivity index (χ1v) is 11.5. The molecule has 8 nitrogen and oxygen atoms in total. The fraction of sp³-hybridized carbons (Fsp3) is 0.360. The molecule has 1 N–H and O–H groups in total. The summed E-state index contributed by atoms with van der Waals surface area (Å²) in [5, 5.41) is 7.48. The van der Waals surface area contributed by atoms with Crippen molar-refractivity contribution in [3.05, 3.63) is 53.9 Å². The van der Waals surface area contributed by atoms with Crippen molar-refractivity contribution in [1.29, 1.82) is 0 Å². The van der Waals surface area contributed by atoms with Gasteiger partial charge in [-0.1, -0.05) is 12.1 Å². The van der Waals surface area contributed by atoms with Crippen LogP contribution in [0.5, 0.6) is 5.88 Å². The third-order valence-electron chi connectivity index (χ3n) is 6.84. The summed E-state index contributed by atoms with van der Waals surface area (Å²) < 4.78 is 10.2. The van der Waals surface area contributed by atoms with Crippen molar-refractivity contribution in [1.82, 2.24) is 24.3 Å². The van der Waals surface area contributed by atoms with Gasteiger partial charge < -0.3 is 9.30 Å². The number of anilines is 1. The molecule has 4 heterocycles. The lowest BCUT2D eigenvalue weighted by atomic mass is 10.0. The summed E-state index contributed by atoms with van der Waals surface area (Å²) in [5.74, 6) is 1.65. The van der Waals surface area contributed by atoms with E-state index in [1.54, 1.807) is 23.0 Å². The van der Waals surface area contributed by atoms with Gasteiger partial charge in [0, 0.05) is 24.3 Å². The molecule has 2 aliphatic rings. The van der Waals surface area contributed by atoms with Crippen LogP contribution in [0.15, 0.2) is 42.6 Å². The van der Waals surface area contributed by atoms with E-state index in [1.807, 2.05) is 32.2 Å². The summed E-state index contributed by atoms with van der Waals surface area (Å²) in [6.07, 6.45) is 5.96. The topological polar surface area (TPSA) is 86.9 Å². The lowest BCUT2D eigenvalue weighted by molar-refractivity contribution is 0.102. The first-order valence-electron chi connectivity index (χ1n) is 11.5. The van der Waals surface area contributed by atoms with E-state index in [4.69, 9.17) is 9.72 Å². The number of carbonyl (C=O) groups is 1. The van der Waals surface area contributed by atoms with Gasteiger partial charge in [0.2, 0.25) is 11.8 Å². The van der Waals surface area contributed by atoms with Crippen molar-refractivity contribution in [3.63, 3.8) is 0 Å². The SMILES string of the molecule is Cc1cc2cc(n1)-c1cnn(C)c1OCC[C@@H]1CC[C@@H](C1)n1c(nc3ccccc31)NC2=O. The molecule has 1 aliphatic carbocycles. The molecular weight excluding hydrogens is 416 g/mol. The number of hydrogen-bond donors (Lipinski definition) is 1. The molecule has 33 heavy (non-hydrogen) atoms. The Balaban J connectivity index is 1.49. The van der Waals surface area contributed by atoms with E-state index in [0.717, 1.165) is 48.0 Å². The van der Waals surface area contributed by atoms with Crippen molar-refractivity contribution in [2.75, 3.05) is 11.9 Å². The molecule has 0 spiro atoms. The fourth-order valence-electron chi connectivity index (χ4n) is 5.25. The average molecular weight is 443 g/mol. The number of nitrogens with zero attached hydrogens (tertiary/aromatic N) is 5. The van der Waals surface area contributed by atoms with E-state index in [-0.39, 0.29) is 5.91 Å². The molecule has 6 rings (SSSR count). The summed E-state index contributed by atoms with van der Waals surface area (Å²) in [6.45, 7) is 2.51. The predicted molar refractivity (Wildman–Crippen MR) is 125 cm³/mol. The number of imidazole rings is 1. The highest BCUT2D eigenvalue weighted by Crippen LogP contribution is 2.40. The number of para-hydroxylation sites is 2. The highest BCUT2D eigenvalue weighted by atomic mass is 16.5. The Kier molecular flexibility index (Phi) is 4.67. The number of ether oxygens (including phenoxy) is 1. The quantitative estimate of drug-likeness (QED) is 0.433. The number of aromatic nitrogens is 5. The number of aryl methyl sites for hydroxylation is 2. The van der Waals surface area contributed by atoms with E-state index in [0.29, 0.717) is 41.7 Å². The number of hydrogen-bond acceptors (Lipinski definition) is 5. The normalized spacial score (nSPS) is 20.4. The Morgan fingerprint density at radius 3 is 2.91 bits per heavy atom. The van der Waals surface area contributed by atoms with E-state index in [9.17, 15) is 4.79 Å². The highest BCUT2D eigenvalue weighted by Gasteiger charge is 2.30. The molecule has 1 amide bonds. The van der Waals surface area contributed by atoms with Crippen molar-refractivity contribution in [2.24, 2.45) is 13.0 Å². The van der Waals surface area contributed by atoms with Gasteiger partial charge in [-0.3, -0.25) is 15.1 Å². The smallest absolute Gasteiger partial charge is 0.258 e. The van der Waals surface area contributed by atoms with Crippen molar-refractivity contribution in [2.45, 2.75) is 38.6 Å². The van der Waals surface area contributed by atoms with Crippen molar-refractivity contribution < 1.29 is 9.53 Å². The fourth-order valence-corrected chi connectivity index (χ4v) is 5.25. The Bertz CT molecular complexity index is 1370. The number of nitrogens with one attached hydrogen (secondary N) is 1. The predicted octanol–water partition coefficient (Wildman–Crippen LogP) is 4.52. The average Bonchev–Trinajstić information content (AvgIpc) is 3.50. The van der Waals surface area contributed by atoms with Crippen LogP contribution >= 0.6 is 0 Å². The zero-order chi connectivity index (χ0) is 22.5. The number of amides is 1. The third-order valence-corrected chi connectivity index (χ3v) is 6.84. The van der Waals surface area contributed by atoms with Crippen LogP contribution in [0.1, 0.15) is 47.8 Å². The van der Waals surface area contributed by atoms with Gasteiger partial charge in [0.05, 0.1) is 35.1 Å². The largest absolute Gasteiger partial charge is 0.477 e. The monoisotopic (exact) mass is 442 g/mol. The molecule has 4 bridgehead atoms. The lowest BCUT2D eigenvalue weighted by Gasteiger charge is -2.17. The molecule has 0 unspecified atom stereocenters. The molecule has 0 radical (unpaired) electrons. The van der Waals surface area contributed by atoms with Crippen LogP contribution in [0.3, 0.4) is 0 Å². The molecule has 1 aromatic carbocycles. The van der Waals surface area contributed by atoms with Gasteiger partial charge in [0.15, 0.2) is 0 Å². The van der Waals surface area contributed by atoms with E-state index in [1.165, 1.54) is 0 Å². The Labute approximate surface area is 191 Å². The van der Waals surface area contributed by atoms with E-state index in [2.05, 4.69) is 26.0 Å². The van der Waals surface area contributed by atoms with Gasteiger partial charge in [-0.2, -0.15) is 5.10 Å². The van der Waals surface area contributed by atoms with Gasteiger partial charge in [-0.25, -0.2) is 9.67 Å². The first-order chi connectivity index (χ1) is 16.1. The second-order valence-corrected chi connectivity index (χ2v) is 9.09. The van der Waals surface area contributed by atoms with E-state index >= 15 is 0 Å². The maximum absolute atomic E-state index is 13.4. The van der Waals surface area contributed by atoms with Crippen LogP contribution < -0.4 is 10.1 Å². The summed E-state index contributed by atoms with van der Waals surface area (Å²) in [5.41, 5.74) is 4.71. The molecule has 3 aromatic heterocycles. The summed E-state index contributed by atoms with van der Waals surface area (Å²) >= 11 is 0. The van der Waals surface area contributed by atoms with Gasteiger partial charge in [0.25, 0.3) is 5.91 Å². The van der Waals surface area contributed by atoms with Crippen LogP contribution in [0.4, 0.5) is 5.95 Å². The van der Waals surface area contributed by atoms with Crippen LogP contribution in [-0.2, 0) is 7.05 Å². The zero-order valence-electron chi connectivity index (χ0n) is 18.8. The molecule has 8 heteroatoms. The number of benzene rings is 1. The van der Waals surface area contributed by atoms with Crippen molar-refractivity contribution >= 4 is 22.9 Å². The van der Waals surface area contributed by atoms with Crippen molar-refractivity contribution in [3.8, 4) is 17.1 Å². The molecule has 4 aromatic rings. The summed E-state index contributed by atoms with van der Waals surface area (Å²) in [4.78, 5) is 22.8. The number of rotatable bonds is 0. The Morgan fingerprint density at radius 2 is 2.00 bits per heavy atom. The lowest BCUT2D eigenvalue weighted by Crippen LogP contribution is -2.18. The third kappa shape index (κ3) is 3.46. The standard InChI is InChI=1S/C25H26N6O2/c1-15-11-17-13-21(27-15)19-14-26-30(2)24(19)33-10-9-16-7-8-18(12-16)31-22-6-4-3-5-20(22)28-25(31)29-23(17)32/h3-6,11,13-14,16,18H,7-10,12H2,1-2H3,(H,28,29,32)/t16-,18-/m0/s1. The Morgan fingerprint density at radius 1 is 1.12 bits per heavy atom. The van der Waals surface area contributed by atoms with Gasteiger partial charge >= 0.3 is 0 Å². The minimum absolute atomic E-state index is 0.200. The van der Waals surface area contributed by atoms with Crippen LogP contribution in [-0.4, -0.2) is 36.8 Å². The number of carbonyl (C=O) groups excluding carboxylic acids is 1. The van der Waals surface area contributed by atoms with Crippen LogP contribution in [0.2, 0.25) is 0 Å². The number of pyridine rings is 1. The van der Waals surface area contributed by atoms with Crippen LogP contribution in [0, 0.1) is 12.8 Å². The number of fused-ring (bicyclic) bond motifs is 10. The first kappa shape index (κ1) is 20.0. The van der Waals surface area contributed by atoms with Gasteiger partial charge in [-0.15, -0.1) is 0 Å². The second kappa shape index (κ2) is 7.72. The molecule has 0 saturated heterocycles. The maximum atomic E-state index is 13.4. The maximum Gasteiger partial charge on any atom is 0.258 e. The van der Waals surface area contributed by atoms with Crippen LogP contribution in [0.25, 0.3) is 22.3 Å². The summed E-state index contributed by atoms with van der Waals surface area (Å²) in [7, 11) is 1.87. The van der Waals surface area contributed by atoms with Gasteiger partial charge in [0.1, 0.15) is 0 Å². The minimum Gasteiger partial charge on any atom is -0.477 e.